The predicted octanol–water partition coefficient (Wildman–Crippen LogP) is 3.62. The van der Waals surface area contributed by atoms with Gasteiger partial charge in [0.15, 0.2) is 0 Å². The summed E-state index contributed by atoms with van der Waals surface area (Å²) in [6.45, 7) is 2.18. The van der Waals surface area contributed by atoms with Crippen molar-refractivity contribution in [3.8, 4) is 0 Å². The molecule has 2 aromatic heterocycles. The van der Waals surface area contributed by atoms with Crippen molar-refractivity contribution in [2.45, 2.75) is 51.2 Å². The zero-order chi connectivity index (χ0) is 13.9. The molecule has 2 aromatic rings. The highest BCUT2D eigenvalue weighted by atomic mass is 32.1. The van der Waals surface area contributed by atoms with E-state index in [1.165, 1.54) is 24.1 Å². The molecule has 1 N–H and O–H groups in total. The van der Waals surface area contributed by atoms with E-state index < -0.39 is 0 Å². The largest absolute Gasteiger partial charge is 0.381 e. The van der Waals surface area contributed by atoms with Crippen LogP contribution in [0, 0.1) is 0 Å². The first kappa shape index (κ1) is 13.8. The number of nitrogens with one attached hydrogen (secondary N) is 1. The Hall–Kier alpha value is -1.20. The number of aryl methyl sites for hydroxylation is 1. The van der Waals surface area contributed by atoms with Crippen molar-refractivity contribution in [2.24, 2.45) is 0 Å². The molecule has 1 fully saturated rings. The van der Waals surface area contributed by atoms with Gasteiger partial charge in [0.2, 0.25) is 0 Å². The van der Waals surface area contributed by atoms with Gasteiger partial charge >= 0.3 is 0 Å². The summed E-state index contributed by atoms with van der Waals surface area (Å²) in [5.74, 6) is 0.979. The van der Waals surface area contributed by atoms with Gasteiger partial charge in [0.05, 0.1) is 11.5 Å². The summed E-state index contributed by atoms with van der Waals surface area (Å²) >= 11 is 1.76. The summed E-state index contributed by atoms with van der Waals surface area (Å²) in [6.07, 6.45) is 7.74. The molecule has 1 aliphatic rings. The first-order chi connectivity index (χ1) is 9.80. The van der Waals surface area contributed by atoms with Crippen molar-refractivity contribution >= 4 is 27.4 Å². The first-order valence-corrected chi connectivity index (χ1v) is 8.14. The SMILES string of the molecule is CCc1cc2c(NC3CCCC(OC)C3)ncnc2s1. The number of rotatable bonds is 4. The molecule has 0 bridgehead atoms. The van der Waals surface area contributed by atoms with Gasteiger partial charge in [-0.15, -0.1) is 11.3 Å². The molecule has 0 spiro atoms. The molecule has 108 valence electrons. The van der Waals surface area contributed by atoms with Crippen LogP contribution in [0.1, 0.15) is 37.5 Å². The Morgan fingerprint density at radius 1 is 1.40 bits per heavy atom. The Labute approximate surface area is 123 Å². The maximum absolute atomic E-state index is 5.50. The minimum absolute atomic E-state index is 0.382. The molecule has 2 heterocycles. The number of fused-ring (bicyclic) bond motifs is 1. The monoisotopic (exact) mass is 291 g/mol. The third-order valence-corrected chi connectivity index (χ3v) is 5.22. The lowest BCUT2D eigenvalue weighted by molar-refractivity contribution is 0.0669. The fourth-order valence-electron chi connectivity index (χ4n) is 2.88. The molecule has 4 nitrogen and oxygen atoms in total. The second-order valence-corrected chi connectivity index (χ2v) is 6.49. The van der Waals surface area contributed by atoms with Gasteiger partial charge in [0.1, 0.15) is 17.0 Å². The molecule has 1 aliphatic carbocycles. The zero-order valence-electron chi connectivity index (χ0n) is 12.1. The number of methoxy groups -OCH3 is 1. The van der Waals surface area contributed by atoms with Gasteiger partial charge in [-0.05, 0) is 38.2 Å². The molecule has 2 unspecified atom stereocenters. The summed E-state index contributed by atoms with van der Waals surface area (Å²) in [5.41, 5.74) is 0. The van der Waals surface area contributed by atoms with Crippen LogP contribution in [0.2, 0.25) is 0 Å². The summed E-state index contributed by atoms with van der Waals surface area (Å²) in [6, 6.07) is 2.68. The third kappa shape index (κ3) is 2.79. The van der Waals surface area contributed by atoms with Crippen molar-refractivity contribution in [1.82, 2.24) is 9.97 Å². The second kappa shape index (κ2) is 6.06. The quantitative estimate of drug-likeness (QED) is 0.934. The smallest absolute Gasteiger partial charge is 0.138 e. The molecule has 20 heavy (non-hydrogen) atoms. The molecule has 2 atom stereocenters. The normalized spacial score (nSPS) is 23.1. The van der Waals surface area contributed by atoms with Crippen LogP contribution in [0.25, 0.3) is 10.2 Å². The van der Waals surface area contributed by atoms with Gasteiger partial charge in [-0.3, -0.25) is 0 Å². The maximum atomic E-state index is 5.50. The average Bonchev–Trinajstić information content (AvgIpc) is 2.92. The van der Waals surface area contributed by atoms with Crippen LogP contribution in [0.4, 0.5) is 5.82 Å². The Morgan fingerprint density at radius 2 is 2.30 bits per heavy atom. The minimum Gasteiger partial charge on any atom is -0.381 e. The number of thiophene rings is 1. The van der Waals surface area contributed by atoms with Crippen LogP contribution in [0.15, 0.2) is 12.4 Å². The number of hydrogen-bond acceptors (Lipinski definition) is 5. The molecular formula is C15H21N3OS. The molecular weight excluding hydrogens is 270 g/mol. The van der Waals surface area contributed by atoms with Gasteiger partial charge in [0, 0.05) is 18.0 Å². The summed E-state index contributed by atoms with van der Waals surface area (Å²) in [4.78, 5) is 11.3. The second-order valence-electron chi connectivity index (χ2n) is 5.37. The van der Waals surface area contributed by atoms with Crippen molar-refractivity contribution < 1.29 is 4.74 Å². The van der Waals surface area contributed by atoms with Crippen LogP contribution >= 0.6 is 11.3 Å². The maximum Gasteiger partial charge on any atom is 0.138 e. The van der Waals surface area contributed by atoms with Gasteiger partial charge in [0.25, 0.3) is 0 Å². The van der Waals surface area contributed by atoms with Gasteiger partial charge in [-0.25, -0.2) is 9.97 Å². The number of hydrogen-bond donors (Lipinski definition) is 1. The van der Waals surface area contributed by atoms with Gasteiger partial charge in [-0.1, -0.05) is 6.92 Å². The van der Waals surface area contributed by atoms with E-state index in [-0.39, 0.29) is 0 Å². The van der Waals surface area contributed by atoms with E-state index in [0.717, 1.165) is 28.9 Å². The molecule has 0 aliphatic heterocycles. The van der Waals surface area contributed by atoms with E-state index in [9.17, 15) is 0 Å². The lowest BCUT2D eigenvalue weighted by Crippen LogP contribution is -2.31. The van der Waals surface area contributed by atoms with Gasteiger partial charge in [-0.2, -0.15) is 0 Å². The number of aromatic nitrogens is 2. The van der Waals surface area contributed by atoms with Crippen LogP contribution < -0.4 is 5.32 Å². The lowest BCUT2D eigenvalue weighted by atomic mass is 9.93. The number of ether oxygens (including phenoxy) is 1. The summed E-state index contributed by atoms with van der Waals surface area (Å²) in [7, 11) is 1.81. The molecule has 0 aromatic carbocycles. The molecule has 0 amide bonds. The summed E-state index contributed by atoms with van der Waals surface area (Å²) in [5, 5.41) is 4.76. The van der Waals surface area contributed by atoms with Gasteiger partial charge < -0.3 is 10.1 Å². The van der Waals surface area contributed by atoms with E-state index in [1.807, 2.05) is 7.11 Å². The van der Waals surface area contributed by atoms with E-state index >= 15 is 0 Å². The first-order valence-electron chi connectivity index (χ1n) is 7.33. The fraction of sp³-hybridized carbons (Fsp3) is 0.600. The topological polar surface area (TPSA) is 47.0 Å². The predicted molar refractivity (Wildman–Crippen MR) is 83.5 cm³/mol. The Kier molecular flexibility index (Phi) is 4.17. The van der Waals surface area contributed by atoms with E-state index in [1.54, 1.807) is 17.7 Å². The van der Waals surface area contributed by atoms with E-state index in [0.29, 0.717) is 12.1 Å². The summed E-state index contributed by atoms with van der Waals surface area (Å²) < 4.78 is 5.50. The van der Waals surface area contributed by atoms with Crippen molar-refractivity contribution in [3.63, 3.8) is 0 Å². The molecule has 3 rings (SSSR count). The van der Waals surface area contributed by atoms with Crippen molar-refractivity contribution in [1.29, 1.82) is 0 Å². The Bertz CT molecular complexity index is 584. The highest BCUT2D eigenvalue weighted by Gasteiger charge is 2.22. The zero-order valence-corrected chi connectivity index (χ0v) is 12.9. The number of nitrogens with zero attached hydrogens (tertiary/aromatic N) is 2. The minimum atomic E-state index is 0.382. The van der Waals surface area contributed by atoms with Crippen molar-refractivity contribution in [2.75, 3.05) is 12.4 Å². The van der Waals surface area contributed by atoms with Crippen LogP contribution in [0.5, 0.6) is 0 Å². The highest BCUT2D eigenvalue weighted by Crippen LogP contribution is 2.30. The molecule has 0 saturated heterocycles. The van der Waals surface area contributed by atoms with Crippen LogP contribution in [0.3, 0.4) is 0 Å². The molecule has 1 saturated carbocycles. The van der Waals surface area contributed by atoms with Crippen LogP contribution in [-0.4, -0.2) is 29.2 Å². The lowest BCUT2D eigenvalue weighted by Gasteiger charge is -2.29. The average molecular weight is 291 g/mol. The Morgan fingerprint density at radius 3 is 3.10 bits per heavy atom. The Balaban J connectivity index is 1.81. The highest BCUT2D eigenvalue weighted by molar-refractivity contribution is 7.18. The van der Waals surface area contributed by atoms with E-state index in [4.69, 9.17) is 4.74 Å². The third-order valence-electron chi connectivity index (χ3n) is 4.03. The fourth-order valence-corrected chi connectivity index (χ4v) is 3.81. The van der Waals surface area contributed by atoms with Crippen LogP contribution in [-0.2, 0) is 11.2 Å². The standard InChI is InChI=1S/C15H21N3OS/c1-3-12-8-13-14(16-9-17-15(13)20-12)18-10-5-4-6-11(7-10)19-2/h8-11H,3-7H2,1-2H3,(H,16,17,18). The molecule has 0 radical (unpaired) electrons. The molecule has 5 heteroatoms. The van der Waals surface area contributed by atoms with E-state index in [2.05, 4.69) is 28.3 Å². The number of anilines is 1. The van der Waals surface area contributed by atoms with Crippen molar-refractivity contribution in [3.05, 3.63) is 17.3 Å².